The minimum Gasteiger partial charge on any atom is -0.420 e. The van der Waals surface area contributed by atoms with E-state index >= 15 is 0 Å². The van der Waals surface area contributed by atoms with Crippen molar-refractivity contribution in [2.45, 2.75) is 39.5 Å². The number of hydrogen-bond donors (Lipinski definition) is 2. The molecule has 1 aromatic rings. The van der Waals surface area contributed by atoms with Crippen LogP contribution in [0.25, 0.3) is 0 Å². The van der Waals surface area contributed by atoms with Gasteiger partial charge in [-0.15, -0.1) is 5.10 Å². The number of nitrogens with two attached hydrogens (primary N) is 1. The number of aromatic amines is 1. The number of H-pyrrole nitrogens is 1. The monoisotopic (exact) mass is 246 g/mol. The van der Waals surface area contributed by atoms with Gasteiger partial charge in [0.1, 0.15) is 6.07 Å². The highest BCUT2D eigenvalue weighted by molar-refractivity contribution is 5.49. The Bertz CT molecular complexity index is 522. The molecule has 18 heavy (non-hydrogen) atoms. The largest absolute Gasteiger partial charge is 0.420 e. The van der Waals surface area contributed by atoms with Crippen LogP contribution >= 0.6 is 0 Å². The van der Waals surface area contributed by atoms with Crippen LogP contribution in [-0.4, -0.2) is 10.2 Å². The van der Waals surface area contributed by atoms with E-state index in [0.717, 1.165) is 24.1 Å². The first-order valence-corrected chi connectivity index (χ1v) is 6.24. The van der Waals surface area contributed by atoms with Crippen molar-refractivity contribution >= 4 is 0 Å². The van der Waals surface area contributed by atoms with Crippen LogP contribution < -0.4 is 10.5 Å². The minimum atomic E-state index is -0.0287. The molecule has 1 atom stereocenters. The third-order valence-corrected chi connectivity index (χ3v) is 3.23. The summed E-state index contributed by atoms with van der Waals surface area (Å²) >= 11 is 0. The zero-order valence-electron chi connectivity index (χ0n) is 10.9. The van der Waals surface area contributed by atoms with Crippen molar-refractivity contribution in [1.29, 1.82) is 5.26 Å². The lowest BCUT2D eigenvalue weighted by molar-refractivity contribution is 0.359. The Morgan fingerprint density at radius 1 is 1.56 bits per heavy atom. The minimum absolute atomic E-state index is 0.0287. The molecule has 2 rings (SSSR count). The van der Waals surface area contributed by atoms with Gasteiger partial charge in [0.25, 0.3) is 0 Å². The second-order valence-corrected chi connectivity index (χ2v) is 4.88. The fourth-order valence-corrected chi connectivity index (χ4v) is 2.45. The van der Waals surface area contributed by atoms with Crippen LogP contribution in [0.15, 0.2) is 11.5 Å². The maximum Gasteiger partial charge on any atom is 0.243 e. The van der Waals surface area contributed by atoms with Gasteiger partial charge in [0.05, 0.1) is 5.57 Å². The van der Waals surface area contributed by atoms with Gasteiger partial charge >= 0.3 is 0 Å². The maximum atomic E-state index is 9.27. The maximum absolute atomic E-state index is 9.27. The third kappa shape index (κ3) is 1.84. The zero-order valence-corrected chi connectivity index (χ0v) is 10.9. The molecule has 5 nitrogen and oxygen atoms in total. The normalized spacial score (nSPS) is 18.5. The Kier molecular flexibility index (Phi) is 3.28. The molecule has 0 aromatic carbocycles. The van der Waals surface area contributed by atoms with Gasteiger partial charge in [0.15, 0.2) is 0 Å². The van der Waals surface area contributed by atoms with Gasteiger partial charge in [0.2, 0.25) is 11.8 Å². The SMILES string of the molecule is CCCc1[nH]nc2c1[C@@H](C(C)C)C(C#N)=C(N)O2. The number of nitriles is 1. The van der Waals surface area contributed by atoms with E-state index in [1.165, 1.54) is 0 Å². The molecule has 0 fully saturated rings. The second-order valence-electron chi connectivity index (χ2n) is 4.88. The summed E-state index contributed by atoms with van der Waals surface area (Å²) in [6.07, 6.45) is 1.91. The van der Waals surface area contributed by atoms with Gasteiger partial charge in [-0.05, 0) is 12.3 Å². The van der Waals surface area contributed by atoms with Crippen LogP contribution in [0.2, 0.25) is 0 Å². The number of nitrogens with zero attached hydrogens (tertiary/aromatic N) is 2. The standard InChI is InChI=1S/C13H18N4O/c1-4-5-9-11-10(7(2)3)8(6-14)12(15)18-13(11)17-16-9/h7,10H,4-5,15H2,1-3H3,(H,16,17)/t10-/m0/s1. The summed E-state index contributed by atoms with van der Waals surface area (Å²) in [5.74, 6) is 0.944. The van der Waals surface area contributed by atoms with E-state index < -0.39 is 0 Å². The van der Waals surface area contributed by atoms with Crippen molar-refractivity contribution in [2.24, 2.45) is 11.7 Å². The molecule has 1 aliphatic heterocycles. The molecule has 0 unspecified atom stereocenters. The van der Waals surface area contributed by atoms with E-state index in [0.29, 0.717) is 11.5 Å². The highest BCUT2D eigenvalue weighted by atomic mass is 16.5. The molecule has 3 N–H and O–H groups in total. The number of allylic oxidation sites excluding steroid dienone is 1. The van der Waals surface area contributed by atoms with Gasteiger partial charge in [-0.1, -0.05) is 27.2 Å². The molecule has 1 aromatic heterocycles. The van der Waals surface area contributed by atoms with Gasteiger partial charge in [-0.3, -0.25) is 5.10 Å². The molecule has 2 heterocycles. The summed E-state index contributed by atoms with van der Waals surface area (Å²) in [4.78, 5) is 0. The number of aryl methyl sites for hydroxylation is 1. The Morgan fingerprint density at radius 3 is 2.83 bits per heavy atom. The molecule has 0 saturated carbocycles. The first-order chi connectivity index (χ1) is 8.60. The molecule has 0 aliphatic carbocycles. The van der Waals surface area contributed by atoms with E-state index in [1.807, 2.05) is 0 Å². The molecule has 0 spiro atoms. The molecule has 0 bridgehead atoms. The van der Waals surface area contributed by atoms with E-state index in [-0.39, 0.29) is 17.7 Å². The van der Waals surface area contributed by atoms with E-state index in [4.69, 9.17) is 10.5 Å². The smallest absolute Gasteiger partial charge is 0.243 e. The second kappa shape index (κ2) is 4.73. The van der Waals surface area contributed by atoms with Gasteiger partial charge in [0, 0.05) is 17.2 Å². The first kappa shape index (κ1) is 12.5. The van der Waals surface area contributed by atoms with Crippen LogP contribution in [0.4, 0.5) is 0 Å². The highest BCUT2D eigenvalue weighted by Crippen LogP contribution is 2.42. The molecule has 0 amide bonds. The number of ether oxygens (including phenoxy) is 1. The summed E-state index contributed by atoms with van der Waals surface area (Å²) in [7, 11) is 0. The van der Waals surface area contributed by atoms with Gasteiger partial charge < -0.3 is 10.5 Å². The quantitative estimate of drug-likeness (QED) is 0.855. The average Bonchev–Trinajstić information content (AvgIpc) is 2.70. The number of fused-ring (bicyclic) bond motifs is 1. The zero-order chi connectivity index (χ0) is 13.3. The van der Waals surface area contributed by atoms with Crippen molar-refractivity contribution in [1.82, 2.24) is 10.2 Å². The highest BCUT2D eigenvalue weighted by Gasteiger charge is 2.35. The van der Waals surface area contributed by atoms with Crippen LogP contribution in [-0.2, 0) is 6.42 Å². The number of rotatable bonds is 3. The first-order valence-electron chi connectivity index (χ1n) is 6.24. The van der Waals surface area contributed by atoms with Crippen LogP contribution in [0, 0.1) is 17.2 Å². The van der Waals surface area contributed by atoms with Crippen LogP contribution in [0.3, 0.4) is 0 Å². The lowest BCUT2D eigenvalue weighted by atomic mass is 9.81. The van der Waals surface area contributed by atoms with Crippen molar-refractivity contribution in [3.63, 3.8) is 0 Å². The van der Waals surface area contributed by atoms with Crippen molar-refractivity contribution in [3.05, 3.63) is 22.7 Å². The summed E-state index contributed by atoms with van der Waals surface area (Å²) < 4.78 is 5.44. The Balaban J connectivity index is 2.54. The number of aromatic nitrogens is 2. The molecule has 0 saturated heterocycles. The fraction of sp³-hybridized carbons (Fsp3) is 0.538. The van der Waals surface area contributed by atoms with Crippen molar-refractivity contribution < 1.29 is 4.74 Å². The van der Waals surface area contributed by atoms with E-state index in [2.05, 4.69) is 37.0 Å². The Morgan fingerprint density at radius 2 is 2.28 bits per heavy atom. The average molecular weight is 246 g/mol. The molecular weight excluding hydrogens is 228 g/mol. The fourth-order valence-electron chi connectivity index (χ4n) is 2.45. The molecule has 1 aliphatic rings. The lowest BCUT2D eigenvalue weighted by Crippen LogP contribution is -2.23. The number of hydrogen-bond acceptors (Lipinski definition) is 4. The predicted molar refractivity (Wildman–Crippen MR) is 67.6 cm³/mol. The van der Waals surface area contributed by atoms with Crippen LogP contribution in [0.5, 0.6) is 5.88 Å². The van der Waals surface area contributed by atoms with Gasteiger partial charge in [-0.2, -0.15) is 5.26 Å². The summed E-state index contributed by atoms with van der Waals surface area (Å²) in [5, 5.41) is 16.4. The van der Waals surface area contributed by atoms with Crippen molar-refractivity contribution in [2.75, 3.05) is 0 Å². The predicted octanol–water partition coefficient (Wildman–Crippen LogP) is 2.19. The molecule has 5 heteroatoms. The van der Waals surface area contributed by atoms with Crippen molar-refractivity contribution in [3.8, 4) is 11.9 Å². The summed E-state index contributed by atoms with van der Waals surface area (Å²) in [6.45, 7) is 6.26. The van der Waals surface area contributed by atoms with E-state index in [9.17, 15) is 5.26 Å². The lowest BCUT2D eigenvalue weighted by Gasteiger charge is -2.26. The summed E-state index contributed by atoms with van der Waals surface area (Å²) in [5.41, 5.74) is 8.35. The van der Waals surface area contributed by atoms with Crippen LogP contribution in [0.1, 0.15) is 44.4 Å². The van der Waals surface area contributed by atoms with E-state index in [1.54, 1.807) is 0 Å². The molecule has 96 valence electrons. The molecular formula is C13H18N4O. The van der Waals surface area contributed by atoms with Gasteiger partial charge in [-0.25, -0.2) is 0 Å². The third-order valence-electron chi connectivity index (χ3n) is 3.23. The Hall–Kier alpha value is -1.96. The Labute approximate surface area is 107 Å². The molecule has 0 radical (unpaired) electrons. The number of nitrogens with one attached hydrogen (secondary N) is 1. The topological polar surface area (TPSA) is 87.7 Å². The summed E-state index contributed by atoms with van der Waals surface area (Å²) in [6, 6.07) is 2.17.